The number of carbonyl (C=O) groups excluding carboxylic acids is 1. The lowest BCUT2D eigenvalue weighted by molar-refractivity contribution is -0.384. The Morgan fingerprint density at radius 2 is 1.88 bits per heavy atom. The number of benzene rings is 1. The Morgan fingerprint density at radius 1 is 1.31 bits per heavy atom. The number of non-ortho nitro benzene ring substituents is 1. The Kier molecular flexibility index (Phi) is 3.54. The van der Waals surface area contributed by atoms with Crippen molar-refractivity contribution < 1.29 is 24.4 Å². The van der Waals surface area contributed by atoms with Gasteiger partial charge in [-0.3, -0.25) is 19.7 Å². The highest BCUT2D eigenvalue weighted by atomic mass is 16.6. The van der Waals surface area contributed by atoms with Crippen molar-refractivity contribution in [2.75, 3.05) is 0 Å². The molecule has 0 aliphatic carbocycles. The zero-order valence-electron chi connectivity index (χ0n) is 7.95. The number of aliphatic carboxylic acids is 1. The molecule has 1 rings (SSSR count). The van der Waals surface area contributed by atoms with E-state index < -0.39 is 23.3 Å². The Balaban J connectivity index is 2.65. The summed E-state index contributed by atoms with van der Waals surface area (Å²) in [6, 6.07) is 4.75. The molecule has 16 heavy (non-hydrogen) atoms. The van der Waals surface area contributed by atoms with E-state index in [1.165, 1.54) is 12.1 Å². The number of esters is 1. The molecular weight excluding hydrogens is 218 g/mol. The highest BCUT2D eigenvalue weighted by molar-refractivity contribution is 5.91. The fourth-order valence-electron chi connectivity index (χ4n) is 0.927. The molecule has 0 aliphatic heterocycles. The first-order chi connectivity index (χ1) is 7.49. The molecule has 0 spiro atoms. The van der Waals surface area contributed by atoms with Crippen LogP contribution < -0.4 is 4.74 Å². The normalized spacial score (nSPS) is 9.50. The lowest BCUT2D eigenvalue weighted by Gasteiger charge is -2.01. The fourth-order valence-corrected chi connectivity index (χ4v) is 0.927. The fraction of sp³-hybridized carbons (Fsp3) is 0.111. The molecule has 0 heterocycles. The summed E-state index contributed by atoms with van der Waals surface area (Å²) in [6.07, 6.45) is -0.753. The Hall–Kier alpha value is -2.44. The molecule has 0 saturated carbocycles. The molecule has 0 saturated heterocycles. The molecule has 84 valence electrons. The minimum absolute atomic E-state index is 0.0665. The van der Waals surface area contributed by atoms with Gasteiger partial charge in [-0.1, -0.05) is 0 Å². The molecule has 1 N–H and O–H groups in total. The van der Waals surface area contributed by atoms with E-state index in [1.807, 2.05) is 0 Å². The van der Waals surface area contributed by atoms with Crippen LogP contribution in [0.3, 0.4) is 0 Å². The predicted molar refractivity (Wildman–Crippen MR) is 51.0 cm³/mol. The molecule has 1 aromatic carbocycles. The molecule has 0 radical (unpaired) electrons. The maximum atomic E-state index is 10.9. The smallest absolute Gasteiger partial charge is 0.322 e. The van der Waals surface area contributed by atoms with E-state index in [9.17, 15) is 19.7 Å². The Bertz CT molecular complexity index is 424. The number of rotatable bonds is 4. The zero-order valence-corrected chi connectivity index (χ0v) is 7.95. The number of ether oxygens (including phenoxy) is 1. The van der Waals surface area contributed by atoms with Gasteiger partial charge >= 0.3 is 11.9 Å². The maximum Gasteiger partial charge on any atom is 0.322 e. The van der Waals surface area contributed by atoms with Crippen molar-refractivity contribution in [3.05, 3.63) is 34.4 Å². The van der Waals surface area contributed by atoms with E-state index in [1.54, 1.807) is 0 Å². The SMILES string of the molecule is O=C(O)CC(=O)Oc1ccc([N+](=O)[O-])cc1. The van der Waals surface area contributed by atoms with E-state index >= 15 is 0 Å². The van der Waals surface area contributed by atoms with Crippen LogP contribution in [-0.2, 0) is 9.59 Å². The van der Waals surface area contributed by atoms with Crippen LogP contribution in [0.25, 0.3) is 0 Å². The van der Waals surface area contributed by atoms with Gasteiger partial charge in [0.1, 0.15) is 12.2 Å². The topological polar surface area (TPSA) is 107 Å². The molecule has 0 bridgehead atoms. The second kappa shape index (κ2) is 4.87. The highest BCUT2D eigenvalue weighted by Gasteiger charge is 2.11. The summed E-state index contributed by atoms with van der Waals surface area (Å²) in [7, 11) is 0. The van der Waals surface area contributed by atoms with Gasteiger partial charge in [-0.15, -0.1) is 0 Å². The Labute approximate surface area is 89.4 Å². The first kappa shape index (κ1) is 11.6. The number of hydrogen-bond acceptors (Lipinski definition) is 5. The summed E-state index contributed by atoms with van der Waals surface area (Å²) < 4.78 is 4.62. The van der Waals surface area contributed by atoms with E-state index in [0.717, 1.165) is 12.1 Å². The van der Waals surface area contributed by atoms with Gasteiger partial charge < -0.3 is 9.84 Å². The third kappa shape index (κ3) is 3.37. The van der Waals surface area contributed by atoms with Crippen LogP contribution in [0.1, 0.15) is 6.42 Å². The number of hydrogen-bond donors (Lipinski definition) is 1. The average Bonchev–Trinajstić information content (AvgIpc) is 2.16. The van der Waals surface area contributed by atoms with Crippen LogP contribution in [0.4, 0.5) is 5.69 Å². The van der Waals surface area contributed by atoms with Gasteiger partial charge in [-0.2, -0.15) is 0 Å². The highest BCUT2D eigenvalue weighted by Crippen LogP contribution is 2.17. The average molecular weight is 225 g/mol. The number of nitrogens with zero attached hydrogens (tertiary/aromatic N) is 1. The Morgan fingerprint density at radius 3 is 2.31 bits per heavy atom. The van der Waals surface area contributed by atoms with Gasteiger partial charge in [0.2, 0.25) is 0 Å². The maximum absolute atomic E-state index is 10.9. The summed E-state index contributed by atoms with van der Waals surface area (Å²) >= 11 is 0. The van der Waals surface area contributed by atoms with Crippen molar-refractivity contribution in [1.29, 1.82) is 0 Å². The van der Waals surface area contributed by atoms with Crippen molar-refractivity contribution in [1.82, 2.24) is 0 Å². The monoisotopic (exact) mass is 225 g/mol. The van der Waals surface area contributed by atoms with Gasteiger partial charge in [0, 0.05) is 12.1 Å². The van der Waals surface area contributed by atoms with Crippen LogP contribution >= 0.6 is 0 Å². The van der Waals surface area contributed by atoms with Gasteiger partial charge in [-0.05, 0) is 12.1 Å². The van der Waals surface area contributed by atoms with Crippen LogP contribution in [0.15, 0.2) is 24.3 Å². The van der Waals surface area contributed by atoms with Crippen LogP contribution in [0.5, 0.6) is 5.75 Å². The summed E-state index contributed by atoms with van der Waals surface area (Å²) in [5, 5.41) is 18.6. The molecule has 0 aromatic heterocycles. The lowest BCUT2D eigenvalue weighted by atomic mass is 10.3. The van der Waals surface area contributed by atoms with E-state index in [4.69, 9.17) is 5.11 Å². The molecule has 0 unspecified atom stereocenters. The van der Waals surface area contributed by atoms with Crippen molar-refractivity contribution in [2.45, 2.75) is 6.42 Å². The molecule has 0 fully saturated rings. The van der Waals surface area contributed by atoms with Gasteiger partial charge in [0.25, 0.3) is 5.69 Å². The molecule has 7 heteroatoms. The molecule has 1 aromatic rings. The molecule has 0 aliphatic rings. The molecule has 0 atom stereocenters. The third-order valence-corrected chi connectivity index (χ3v) is 1.57. The van der Waals surface area contributed by atoms with Gasteiger partial charge in [-0.25, -0.2) is 0 Å². The second-order valence-electron chi connectivity index (χ2n) is 2.80. The van der Waals surface area contributed by atoms with Crippen LogP contribution in [0.2, 0.25) is 0 Å². The molecule has 7 nitrogen and oxygen atoms in total. The number of carbonyl (C=O) groups is 2. The summed E-state index contributed by atoms with van der Waals surface area (Å²) in [5.41, 5.74) is -0.141. The first-order valence-corrected chi connectivity index (χ1v) is 4.16. The van der Waals surface area contributed by atoms with Gasteiger partial charge in [0.15, 0.2) is 0 Å². The molecular formula is C9H7NO6. The zero-order chi connectivity index (χ0) is 12.1. The van der Waals surface area contributed by atoms with E-state index in [2.05, 4.69) is 4.74 Å². The lowest BCUT2D eigenvalue weighted by Crippen LogP contribution is -2.13. The number of nitro groups is 1. The number of carboxylic acid groups (broad SMARTS) is 1. The van der Waals surface area contributed by atoms with E-state index in [0.29, 0.717) is 0 Å². The van der Waals surface area contributed by atoms with Crippen molar-refractivity contribution in [3.63, 3.8) is 0 Å². The summed E-state index contributed by atoms with van der Waals surface area (Å²) in [4.78, 5) is 30.8. The largest absolute Gasteiger partial charge is 0.481 e. The quantitative estimate of drug-likeness (QED) is 0.269. The number of nitro benzene ring substituents is 1. The second-order valence-corrected chi connectivity index (χ2v) is 2.80. The predicted octanol–water partition coefficient (Wildman–Crippen LogP) is 0.975. The number of carboxylic acids is 1. The van der Waals surface area contributed by atoms with Crippen molar-refractivity contribution in [2.24, 2.45) is 0 Å². The van der Waals surface area contributed by atoms with Crippen LogP contribution in [0, 0.1) is 10.1 Å². The first-order valence-electron chi connectivity index (χ1n) is 4.16. The van der Waals surface area contributed by atoms with Crippen molar-refractivity contribution in [3.8, 4) is 5.75 Å². The minimum Gasteiger partial charge on any atom is -0.481 e. The molecule has 0 amide bonds. The van der Waals surface area contributed by atoms with Crippen LogP contribution in [-0.4, -0.2) is 22.0 Å². The van der Waals surface area contributed by atoms with Crippen molar-refractivity contribution >= 4 is 17.6 Å². The minimum atomic E-state index is -1.30. The summed E-state index contributed by atoms with van der Waals surface area (Å²) in [5.74, 6) is -2.16. The summed E-state index contributed by atoms with van der Waals surface area (Å²) in [6.45, 7) is 0. The standard InChI is InChI=1S/C9H7NO6/c11-8(12)5-9(13)16-7-3-1-6(2-4-7)10(14)15/h1-4H,5H2,(H,11,12). The van der Waals surface area contributed by atoms with Gasteiger partial charge in [0.05, 0.1) is 4.92 Å². The third-order valence-electron chi connectivity index (χ3n) is 1.57. The van der Waals surface area contributed by atoms with E-state index in [-0.39, 0.29) is 11.4 Å².